The van der Waals surface area contributed by atoms with E-state index in [1.165, 1.54) is 5.56 Å². The van der Waals surface area contributed by atoms with Crippen molar-refractivity contribution in [3.8, 4) is 0 Å². The average molecular weight is 221 g/mol. The quantitative estimate of drug-likeness (QED) is 0.569. The number of nitrogens with one attached hydrogen (secondary N) is 1. The van der Waals surface area contributed by atoms with Crippen LogP contribution in [0.2, 0.25) is 0 Å². The fourth-order valence-corrected chi connectivity index (χ4v) is 2.02. The minimum Gasteiger partial charge on any atom is -0.374 e. The number of hydrogen-bond donors (Lipinski definition) is 2. The molecule has 4 heteroatoms. The van der Waals surface area contributed by atoms with E-state index in [0.29, 0.717) is 6.54 Å². The van der Waals surface area contributed by atoms with Crippen molar-refractivity contribution in [1.82, 2.24) is 10.3 Å². The van der Waals surface area contributed by atoms with Crippen LogP contribution >= 0.6 is 0 Å². The highest BCUT2D eigenvalue weighted by atomic mass is 16.5. The second-order valence-corrected chi connectivity index (χ2v) is 4.12. The summed E-state index contributed by atoms with van der Waals surface area (Å²) < 4.78 is 5.60. The Balaban J connectivity index is 1.85. The molecule has 1 heterocycles. The second kappa shape index (κ2) is 5.96. The standard InChI is InChI=1S/C12H19N3O/c13-14-8-12-10-15(6-7-16-12)9-11-4-2-1-3-5-11/h1-5,12,14H,6-10,13H2. The molecule has 4 nitrogen and oxygen atoms in total. The predicted octanol–water partition coefficient (Wildman–Crippen LogP) is 0.351. The van der Waals surface area contributed by atoms with Crippen LogP contribution in [-0.2, 0) is 11.3 Å². The Bertz CT molecular complexity index is 302. The van der Waals surface area contributed by atoms with Crippen LogP contribution in [0.25, 0.3) is 0 Å². The first kappa shape index (κ1) is 11.5. The van der Waals surface area contributed by atoms with Gasteiger partial charge in [-0.3, -0.25) is 16.2 Å². The van der Waals surface area contributed by atoms with Gasteiger partial charge in [-0.15, -0.1) is 0 Å². The lowest BCUT2D eigenvalue weighted by atomic mass is 10.2. The third kappa shape index (κ3) is 3.28. The third-order valence-corrected chi connectivity index (χ3v) is 2.82. The van der Waals surface area contributed by atoms with Gasteiger partial charge in [0.25, 0.3) is 0 Å². The van der Waals surface area contributed by atoms with Gasteiger partial charge in [-0.25, -0.2) is 0 Å². The van der Waals surface area contributed by atoms with Gasteiger partial charge in [-0.05, 0) is 5.56 Å². The normalized spacial score (nSPS) is 22.2. The zero-order valence-electron chi connectivity index (χ0n) is 9.43. The lowest BCUT2D eigenvalue weighted by Crippen LogP contribution is -2.47. The summed E-state index contributed by atoms with van der Waals surface area (Å²) in [6, 6.07) is 10.5. The molecule has 1 fully saturated rings. The molecule has 0 saturated carbocycles. The Morgan fingerprint density at radius 1 is 1.38 bits per heavy atom. The molecular weight excluding hydrogens is 202 g/mol. The van der Waals surface area contributed by atoms with Gasteiger partial charge in [0.1, 0.15) is 0 Å². The lowest BCUT2D eigenvalue weighted by molar-refractivity contribution is -0.0298. The van der Waals surface area contributed by atoms with Crippen LogP contribution in [0.4, 0.5) is 0 Å². The first-order valence-corrected chi connectivity index (χ1v) is 5.70. The summed E-state index contributed by atoms with van der Waals surface area (Å²) in [6.07, 6.45) is 0.211. The molecule has 1 aliphatic heterocycles. The van der Waals surface area contributed by atoms with Crippen LogP contribution in [0.3, 0.4) is 0 Å². The fourth-order valence-electron chi connectivity index (χ4n) is 2.02. The van der Waals surface area contributed by atoms with Crippen molar-refractivity contribution < 1.29 is 4.74 Å². The van der Waals surface area contributed by atoms with Crippen molar-refractivity contribution in [2.45, 2.75) is 12.6 Å². The summed E-state index contributed by atoms with van der Waals surface area (Å²) in [5, 5.41) is 0. The number of nitrogens with two attached hydrogens (primary N) is 1. The van der Waals surface area contributed by atoms with E-state index in [9.17, 15) is 0 Å². The highest BCUT2D eigenvalue weighted by Crippen LogP contribution is 2.09. The van der Waals surface area contributed by atoms with E-state index in [1.807, 2.05) is 6.07 Å². The lowest BCUT2D eigenvalue weighted by Gasteiger charge is -2.32. The van der Waals surface area contributed by atoms with Crippen molar-refractivity contribution in [2.75, 3.05) is 26.2 Å². The highest BCUT2D eigenvalue weighted by molar-refractivity contribution is 5.14. The molecule has 0 aliphatic carbocycles. The maximum absolute atomic E-state index is 5.60. The molecule has 0 radical (unpaired) electrons. The zero-order chi connectivity index (χ0) is 11.2. The van der Waals surface area contributed by atoms with Gasteiger partial charge < -0.3 is 4.74 Å². The minimum absolute atomic E-state index is 0.211. The van der Waals surface area contributed by atoms with Crippen molar-refractivity contribution >= 4 is 0 Å². The first-order valence-electron chi connectivity index (χ1n) is 5.70. The van der Waals surface area contributed by atoms with E-state index in [1.54, 1.807) is 0 Å². The van der Waals surface area contributed by atoms with Gasteiger partial charge in [-0.2, -0.15) is 0 Å². The Labute approximate surface area is 96.3 Å². The second-order valence-electron chi connectivity index (χ2n) is 4.12. The fraction of sp³-hybridized carbons (Fsp3) is 0.500. The van der Waals surface area contributed by atoms with Gasteiger partial charge in [0.05, 0.1) is 12.7 Å². The number of benzene rings is 1. The third-order valence-electron chi connectivity index (χ3n) is 2.82. The van der Waals surface area contributed by atoms with E-state index in [4.69, 9.17) is 10.6 Å². The van der Waals surface area contributed by atoms with E-state index >= 15 is 0 Å². The molecule has 1 atom stereocenters. The Morgan fingerprint density at radius 2 is 2.19 bits per heavy atom. The number of rotatable bonds is 4. The highest BCUT2D eigenvalue weighted by Gasteiger charge is 2.19. The molecule has 0 bridgehead atoms. The van der Waals surface area contributed by atoms with Gasteiger partial charge >= 0.3 is 0 Å². The molecule has 16 heavy (non-hydrogen) atoms. The molecule has 1 saturated heterocycles. The SMILES string of the molecule is NNCC1CN(Cc2ccccc2)CCO1. The zero-order valence-corrected chi connectivity index (χ0v) is 9.43. The Hall–Kier alpha value is -0.940. The first-order chi connectivity index (χ1) is 7.88. The van der Waals surface area contributed by atoms with Crippen LogP contribution in [0.1, 0.15) is 5.56 Å². The Kier molecular flexibility index (Phi) is 4.30. The van der Waals surface area contributed by atoms with Crippen molar-refractivity contribution in [3.05, 3.63) is 35.9 Å². The molecule has 1 unspecified atom stereocenters. The summed E-state index contributed by atoms with van der Waals surface area (Å²) in [5.41, 5.74) is 4.02. The molecule has 2 rings (SSSR count). The minimum atomic E-state index is 0.211. The van der Waals surface area contributed by atoms with Gasteiger partial charge in [0.15, 0.2) is 0 Å². The molecule has 0 amide bonds. The van der Waals surface area contributed by atoms with Gasteiger partial charge in [-0.1, -0.05) is 30.3 Å². The summed E-state index contributed by atoms with van der Waals surface area (Å²) in [4.78, 5) is 2.40. The molecule has 0 aromatic heterocycles. The van der Waals surface area contributed by atoms with Gasteiger partial charge in [0.2, 0.25) is 0 Å². The predicted molar refractivity (Wildman–Crippen MR) is 63.6 cm³/mol. The number of nitrogens with zero attached hydrogens (tertiary/aromatic N) is 1. The molecular formula is C12H19N3O. The van der Waals surface area contributed by atoms with E-state index in [0.717, 1.165) is 26.2 Å². The summed E-state index contributed by atoms with van der Waals surface area (Å²) in [7, 11) is 0. The summed E-state index contributed by atoms with van der Waals surface area (Å²) >= 11 is 0. The van der Waals surface area contributed by atoms with E-state index in [2.05, 4.69) is 34.6 Å². The largest absolute Gasteiger partial charge is 0.374 e. The molecule has 3 N–H and O–H groups in total. The Morgan fingerprint density at radius 3 is 2.94 bits per heavy atom. The number of hydrogen-bond acceptors (Lipinski definition) is 4. The smallest absolute Gasteiger partial charge is 0.0840 e. The van der Waals surface area contributed by atoms with Gasteiger partial charge in [0, 0.05) is 26.2 Å². The molecule has 1 aliphatic rings. The maximum Gasteiger partial charge on any atom is 0.0840 e. The topological polar surface area (TPSA) is 50.5 Å². The van der Waals surface area contributed by atoms with Crippen LogP contribution in [0.15, 0.2) is 30.3 Å². The van der Waals surface area contributed by atoms with Crippen LogP contribution in [0, 0.1) is 0 Å². The van der Waals surface area contributed by atoms with E-state index < -0.39 is 0 Å². The molecule has 1 aromatic carbocycles. The summed E-state index contributed by atoms with van der Waals surface area (Å²) in [5.74, 6) is 5.31. The number of hydrazine groups is 1. The van der Waals surface area contributed by atoms with Crippen molar-refractivity contribution in [2.24, 2.45) is 5.84 Å². The molecule has 0 spiro atoms. The monoisotopic (exact) mass is 221 g/mol. The van der Waals surface area contributed by atoms with Crippen molar-refractivity contribution in [1.29, 1.82) is 0 Å². The van der Waals surface area contributed by atoms with Crippen molar-refractivity contribution in [3.63, 3.8) is 0 Å². The molecule has 88 valence electrons. The average Bonchev–Trinajstić information content (AvgIpc) is 2.31. The number of ether oxygens (including phenoxy) is 1. The number of morpholine rings is 1. The van der Waals surface area contributed by atoms with Crippen LogP contribution < -0.4 is 11.3 Å². The molecule has 1 aromatic rings. The van der Waals surface area contributed by atoms with Crippen LogP contribution in [-0.4, -0.2) is 37.2 Å². The van der Waals surface area contributed by atoms with Crippen LogP contribution in [0.5, 0.6) is 0 Å². The summed E-state index contributed by atoms with van der Waals surface area (Å²) in [6.45, 7) is 4.44. The maximum atomic E-state index is 5.60. The van der Waals surface area contributed by atoms with E-state index in [-0.39, 0.29) is 6.10 Å².